The van der Waals surface area contributed by atoms with Gasteiger partial charge in [0.15, 0.2) is 0 Å². The number of nitrogens with one attached hydrogen (secondary N) is 1. The highest BCUT2D eigenvalue weighted by Crippen LogP contribution is 2.17. The van der Waals surface area contributed by atoms with E-state index in [4.69, 9.17) is 11.5 Å². The van der Waals surface area contributed by atoms with Gasteiger partial charge in [0, 0.05) is 0 Å². The molecule has 1 atom stereocenters. The summed E-state index contributed by atoms with van der Waals surface area (Å²) in [5, 5.41) is 11.7. The van der Waals surface area contributed by atoms with Crippen molar-refractivity contribution < 1.29 is 14.7 Å². The summed E-state index contributed by atoms with van der Waals surface area (Å²) in [5.74, 6) is 1.08. The monoisotopic (exact) mass is 240 g/mol. The van der Waals surface area contributed by atoms with Gasteiger partial charge in [-0.25, -0.2) is 0 Å². The number of nitrogens with zero attached hydrogens (tertiary/aromatic N) is 1. The third-order valence-corrected chi connectivity index (χ3v) is 2.79. The predicted octanol–water partition coefficient (Wildman–Crippen LogP) is 0.309. The number of hydrogen-bond donors (Lipinski definition) is 2. The number of terminal acetylenes is 1. The van der Waals surface area contributed by atoms with Crippen molar-refractivity contribution in [2.75, 3.05) is 13.1 Å². The number of aliphatic carboxylic acids is 1. The van der Waals surface area contributed by atoms with Crippen molar-refractivity contribution in [2.45, 2.75) is 39.3 Å². The lowest BCUT2D eigenvalue weighted by molar-refractivity contribution is -0.152. The van der Waals surface area contributed by atoms with E-state index in [0.717, 1.165) is 0 Å². The maximum Gasteiger partial charge on any atom is 0.323 e. The first kappa shape index (κ1) is 15.5. The molecule has 0 aromatic carbocycles. The van der Waals surface area contributed by atoms with Crippen LogP contribution in [0, 0.1) is 12.3 Å². The maximum absolute atomic E-state index is 11.7. The van der Waals surface area contributed by atoms with E-state index in [1.807, 2.05) is 6.92 Å². The minimum absolute atomic E-state index is 0.147. The van der Waals surface area contributed by atoms with Gasteiger partial charge in [0.05, 0.1) is 12.6 Å². The number of carboxylic acids is 1. The second kappa shape index (κ2) is 6.26. The normalized spacial score (nSPS) is 12.9. The molecule has 2 N–H and O–H groups in total. The molecular weight excluding hydrogens is 220 g/mol. The number of carbonyl (C=O) groups is 2. The van der Waals surface area contributed by atoms with Gasteiger partial charge in [-0.1, -0.05) is 12.8 Å². The molecule has 0 heterocycles. The van der Waals surface area contributed by atoms with Gasteiger partial charge < -0.3 is 10.4 Å². The van der Waals surface area contributed by atoms with Crippen molar-refractivity contribution in [1.82, 2.24) is 10.2 Å². The van der Waals surface area contributed by atoms with E-state index < -0.39 is 17.6 Å². The molecule has 96 valence electrons. The molecule has 0 radical (unpaired) electrons. The van der Waals surface area contributed by atoms with Gasteiger partial charge >= 0.3 is 5.97 Å². The largest absolute Gasteiger partial charge is 0.480 e. The Kier molecular flexibility index (Phi) is 5.69. The summed E-state index contributed by atoms with van der Waals surface area (Å²) in [7, 11) is 0. The fourth-order valence-electron chi connectivity index (χ4n) is 1.70. The zero-order chi connectivity index (χ0) is 13.6. The summed E-state index contributed by atoms with van der Waals surface area (Å²) in [5.41, 5.74) is -1.10. The van der Waals surface area contributed by atoms with E-state index in [-0.39, 0.29) is 12.5 Å². The molecule has 0 aliphatic heterocycles. The van der Waals surface area contributed by atoms with Crippen LogP contribution in [-0.4, -0.2) is 46.6 Å². The van der Waals surface area contributed by atoms with E-state index in [9.17, 15) is 9.59 Å². The molecular formula is C12H20N2O3. The van der Waals surface area contributed by atoms with Crippen LogP contribution in [0.2, 0.25) is 0 Å². The fraction of sp³-hybridized carbons (Fsp3) is 0.667. The quantitative estimate of drug-likeness (QED) is 0.656. The first-order valence-corrected chi connectivity index (χ1v) is 5.50. The molecule has 5 heteroatoms. The zero-order valence-electron chi connectivity index (χ0n) is 10.8. The Morgan fingerprint density at radius 2 is 2.06 bits per heavy atom. The second-order valence-electron chi connectivity index (χ2n) is 4.25. The van der Waals surface area contributed by atoms with Crippen molar-refractivity contribution in [3.05, 3.63) is 0 Å². The van der Waals surface area contributed by atoms with Gasteiger partial charge in [-0.2, -0.15) is 0 Å². The summed E-state index contributed by atoms with van der Waals surface area (Å²) in [6.45, 7) is 7.24. The molecule has 0 saturated carbocycles. The number of carbonyl (C=O) groups excluding carboxylic acids is 1. The molecule has 0 aliphatic carbocycles. The van der Waals surface area contributed by atoms with Crippen LogP contribution >= 0.6 is 0 Å². The fourth-order valence-corrected chi connectivity index (χ4v) is 1.70. The van der Waals surface area contributed by atoms with Gasteiger partial charge in [0.2, 0.25) is 5.91 Å². The first-order valence-electron chi connectivity index (χ1n) is 5.50. The topological polar surface area (TPSA) is 69.6 Å². The van der Waals surface area contributed by atoms with Crippen LogP contribution in [0.5, 0.6) is 0 Å². The summed E-state index contributed by atoms with van der Waals surface area (Å²) in [6.07, 6.45) is 5.05. The molecule has 17 heavy (non-hydrogen) atoms. The second-order valence-corrected chi connectivity index (χ2v) is 4.25. The molecule has 1 unspecified atom stereocenters. The average molecular weight is 240 g/mol. The van der Waals surface area contributed by atoms with Gasteiger partial charge in [-0.3, -0.25) is 14.5 Å². The van der Waals surface area contributed by atoms with Crippen LogP contribution in [0.25, 0.3) is 0 Å². The van der Waals surface area contributed by atoms with Crippen molar-refractivity contribution in [3.63, 3.8) is 0 Å². The van der Waals surface area contributed by atoms with Crippen LogP contribution in [0.4, 0.5) is 0 Å². The minimum Gasteiger partial charge on any atom is -0.480 e. The number of rotatable bonds is 6. The van der Waals surface area contributed by atoms with E-state index >= 15 is 0 Å². The lowest BCUT2D eigenvalue weighted by Crippen LogP contribution is -2.58. The van der Waals surface area contributed by atoms with Crippen LogP contribution < -0.4 is 5.32 Å². The highest BCUT2D eigenvalue weighted by molar-refractivity contribution is 5.84. The number of carboxylic acid groups (broad SMARTS) is 1. The Morgan fingerprint density at radius 1 is 1.53 bits per heavy atom. The predicted molar refractivity (Wildman–Crippen MR) is 65.4 cm³/mol. The Labute approximate surface area is 102 Å². The van der Waals surface area contributed by atoms with E-state index in [1.54, 1.807) is 25.7 Å². The summed E-state index contributed by atoms with van der Waals surface area (Å²) in [6, 6.07) is -0.542. The van der Waals surface area contributed by atoms with Crippen molar-refractivity contribution in [1.29, 1.82) is 0 Å². The van der Waals surface area contributed by atoms with Crippen LogP contribution in [-0.2, 0) is 9.59 Å². The highest BCUT2D eigenvalue weighted by atomic mass is 16.4. The maximum atomic E-state index is 11.7. The zero-order valence-corrected chi connectivity index (χ0v) is 10.8. The standard InChI is InChI=1S/C12H20N2O3/c1-6-8-13-10(15)9(3)14(7-2)12(4,5)11(16)17/h1,9H,7-8H2,2-5H3,(H,13,15)(H,16,17). The summed E-state index contributed by atoms with van der Waals surface area (Å²) < 4.78 is 0. The molecule has 0 spiro atoms. The van der Waals surface area contributed by atoms with Gasteiger partial charge in [0.25, 0.3) is 0 Å². The first-order chi connectivity index (χ1) is 7.78. The lowest BCUT2D eigenvalue weighted by atomic mass is 10.0. The van der Waals surface area contributed by atoms with E-state index in [1.165, 1.54) is 0 Å². The number of amides is 1. The van der Waals surface area contributed by atoms with Crippen LogP contribution in [0.15, 0.2) is 0 Å². The highest BCUT2D eigenvalue weighted by Gasteiger charge is 2.38. The van der Waals surface area contributed by atoms with Crippen LogP contribution in [0.3, 0.4) is 0 Å². The van der Waals surface area contributed by atoms with Crippen LogP contribution in [0.1, 0.15) is 27.7 Å². The van der Waals surface area contributed by atoms with Gasteiger partial charge in [0.1, 0.15) is 5.54 Å². The molecule has 0 bridgehead atoms. The molecule has 1 amide bonds. The summed E-state index contributed by atoms with van der Waals surface area (Å²) in [4.78, 5) is 24.5. The molecule has 0 aromatic heterocycles. The Morgan fingerprint density at radius 3 is 2.41 bits per heavy atom. The lowest BCUT2D eigenvalue weighted by Gasteiger charge is -2.37. The molecule has 5 nitrogen and oxygen atoms in total. The van der Waals surface area contributed by atoms with E-state index in [0.29, 0.717) is 6.54 Å². The molecule has 0 aromatic rings. The molecule has 0 saturated heterocycles. The smallest absolute Gasteiger partial charge is 0.323 e. The van der Waals surface area contributed by atoms with Gasteiger partial charge in [-0.05, 0) is 27.3 Å². The van der Waals surface area contributed by atoms with Crippen molar-refractivity contribution >= 4 is 11.9 Å². The van der Waals surface area contributed by atoms with Crippen molar-refractivity contribution in [2.24, 2.45) is 0 Å². The SMILES string of the molecule is C#CCNC(=O)C(C)N(CC)C(C)(C)C(=O)O. The number of hydrogen-bond acceptors (Lipinski definition) is 3. The Balaban J connectivity index is 4.84. The molecule has 0 rings (SSSR count). The third kappa shape index (κ3) is 3.75. The Bertz CT molecular complexity index is 331. The Hall–Kier alpha value is -1.54. The number of likely N-dealkylation sites (N-methyl/N-ethyl adjacent to an activating group) is 1. The minimum atomic E-state index is -1.10. The summed E-state index contributed by atoms with van der Waals surface area (Å²) >= 11 is 0. The third-order valence-electron chi connectivity index (χ3n) is 2.79. The molecule has 0 aliphatic rings. The van der Waals surface area contributed by atoms with Gasteiger partial charge in [-0.15, -0.1) is 6.42 Å². The molecule has 0 fully saturated rings. The van der Waals surface area contributed by atoms with Crippen molar-refractivity contribution in [3.8, 4) is 12.3 Å². The van der Waals surface area contributed by atoms with E-state index in [2.05, 4.69) is 11.2 Å². The average Bonchev–Trinajstić information content (AvgIpc) is 2.25.